The maximum Gasteiger partial charge on any atom is 0.178 e. The summed E-state index contributed by atoms with van der Waals surface area (Å²) in [6, 6.07) is 18.0. The van der Waals surface area contributed by atoms with Crippen LogP contribution in [0.2, 0.25) is 0 Å². The molecule has 1 N–H and O–H groups in total. The lowest BCUT2D eigenvalue weighted by Gasteiger charge is -2.01. The summed E-state index contributed by atoms with van der Waals surface area (Å²) < 4.78 is 0. The van der Waals surface area contributed by atoms with Gasteiger partial charge >= 0.3 is 0 Å². The number of hydrogen-bond acceptors (Lipinski definition) is 1. The molecule has 0 aliphatic heterocycles. The summed E-state index contributed by atoms with van der Waals surface area (Å²) in [5.41, 5.74) is 5.29. The number of H-pyrrole nitrogens is 1. The van der Waals surface area contributed by atoms with E-state index >= 15 is 0 Å². The van der Waals surface area contributed by atoms with Gasteiger partial charge in [-0.15, -0.1) is 0 Å². The van der Waals surface area contributed by atoms with Crippen molar-refractivity contribution in [3.63, 3.8) is 0 Å². The van der Waals surface area contributed by atoms with Crippen LogP contribution in [0.4, 0.5) is 0 Å². The summed E-state index contributed by atoms with van der Waals surface area (Å²) >= 11 is 0. The number of allylic oxidation sites excluding steroid dienone is 3. The Labute approximate surface area is 136 Å². The second-order valence-electron chi connectivity index (χ2n) is 5.64. The van der Waals surface area contributed by atoms with Crippen molar-refractivity contribution in [1.82, 2.24) is 4.98 Å². The second-order valence-corrected chi connectivity index (χ2v) is 5.64. The van der Waals surface area contributed by atoms with Crippen LogP contribution in [0.1, 0.15) is 23.7 Å². The van der Waals surface area contributed by atoms with Crippen LogP contribution in [0.3, 0.4) is 0 Å². The van der Waals surface area contributed by atoms with Gasteiger partial charge in [0, 0.05) is 22.2 Å². The number of para-hydroxylation sites is 1. The third kappa shape index (κ3) is 3.32. The van der Waals surface area contributed by atoms with Gasteiger partial charge in [-0.2, -0.15) is 0 Å². The molecule has 0 spiro atoms. The average molecular weight is 301 g/mol. The molecule has 3 aromatic rings. The molecule has 0 aliphatic rings. The molecule has 1 aromatic heterocycles. The SMILES string of the molecule is C/C(=C\C(=O)/C=C\c1ccccc1)c1c(C)[nH]c2ccccc12. The third-order valence-corrected chi connectivity index (χ3v) is 3.89. The van der Waals surface area contributed by atoms with E-state index in [2.05, 4.69) is 17.1 Å². The first-order valence-electron chi connectivity index (χ1n) is 7.68. The molecule has 0 bridgehead atoms. The van der Waals surface area contributed by atoms with E-state index in [4.69, 9.17) is 0 Å². The Balaban J connectivity index is 1.88. The van der Waals surface area contributed by atoms with Crippen LogP contribution < -0.4 is 0 Å². The van der Waals surface area contributed by atoms with Crippen molar-refractivity contribution in [2.75, 3.05) is 0 Å². The molecule has 2 heteroatoms. The van der Waals surface area contributed by atoms with E-state index in [1.807, 2.05) is 62.4 Å². The van der Waals surface area contributed by atoms with Crippen molar-refractivity contribution in [2.45, 2.75) is 13.8 Å². The molecule has 0 saturated heterocycles. The number of aryl methyl sites for hydroxylation is 1. The van der Waals surface area contributed by atoms with Gasteiger partial charge in [0.05, 0.1) is 0 Å². The normalized spacial score (nSPS) is 12.2. The molecule has 114 valence electrons. The highest BCUT2D eigenvalue weighted by molar-refractivity contribution is 6.08. The van der Waals surface area contributed by atoms with Crippen LogP contribution in [-0.2, 0) is 4.79 Å². The molecule has 2 aromatic carbocycles. The number of carbonyl (C=O) groups is 1. The highest BCUT2D eigenvalue weighted by Gasteiger charge is 2.09. The minimum atomic E-state index is -0.00367. The monoisotopic (exact) mass is 301 g/mol. The van der Waals surface area contributed by atoms with E-state index in [1.54, 1.807) is 12.2 Å². The van der Waals surface area contributed by atoms with Crippen LogP contribution >= 0.6 is 0 Å². The zero-order chi connectivity index (χ0) is 16.2. The zero-order valence-electron chi connectivity index (χ0n) is 13.3. The predicted octanol–water partition coefficient (Wildman–Crippen LogP) is 5.16. The third-order valence-electron chi connectivity index (χ3n) is 3.89. The largest absolute Gasteiger partial charge is 0.358 e. The fourth-order valence-electron chi connectivity index (χ4n) is 2.86. The van der Waals surface area contributed by atoms with Gasteiger partial charge in [0.2, 0.25) is 0 Å². The maximum atomic E-state index is 12.2. The van der Waals surface area contributed by atoms with Crippen LogP contribution in [0, 0.1) is 6.92 Å². The summed E-state index contributed by atoms with van der Waals surface area (Å²) in [5, 5.41) is 1.15. The number of fused-ring (bicyclic) bond motifs is 1. The number of aromatic amines is 1. The molecule has 0 fully saturated rings. The molecule has 2 nitrogen and oxygen atoms in total. The van der Waals surface area contributed by atoms with Gasteiger partial charge in [-0.3, -0.25) is 4.79 Å². The highest BCUT2D eigenvalue weighted by atomic mass is 16.1. The van der Waals surface area contributed by atoms with Crippen LogP contribution in [-0.4, -0.2) is 10.8 Å². The van der Waals surface area contributed by atoms with E-state index in [-0.39, 0.29) is 5.78 Å². The standard InChI is InChI=1S/C21H19NO/c1-15(14-18(23)13-12-17-8-4-3-5-9-17)21-16(2)22-20-11-7-6-10-19(20)21/h3-14,22H,1-2H3/b13-12-,15-14+. The summed E-state index contributed by atoms with van der Waals surface area (Å²) in [7, 11) is 0. The Morgan fingerprint density at radius 1 is 1.00 bits per heavy atom. The molecule has 0 unspecified atom stereocenters. The van der Waals surface area contributed by atoms with E-state index in [0.29, 0.717) is 0 Å². The van der Waals surface area contributed by atoms with Crippen LogP contribution in [0.15, 0.2) is 66.7 Å². The molecular formula is C21H19NO. The Bertz CT molecular complexity index is 898. The number of carbonyl (C=O) groups excluding carboxylic acids is 1. The molecule has 0 aliphatic carbocycles. The van der Waals surface area contributed by atoms with Crippen molar-refractivity contribution < 1.29 is 4.79 Å². The summed E-state index contributed by atoms with van der Waals surface area (Å²) in [5.74, 6) is -0.00367. The summed E-state index contributed by atoms with van der Waals surface area (Å²) in [6.07, 6.45) is 5.15. The van der Waals surface area contributed by atoms with Gasteiger partial charge in [0.1, 0.15) is 0 Å². The predicted molar refractivity (Wildman–Crippen MR) is 97.2 cm³/mol. The smallest absolute Gasteiger partial charge is 0.178 e. The molecule has 23 heavy (non-hydrogen) atoms. The molecule has 0 saturated carbocycles. The molecular weight excluding hydrogens is 282 g/mol. The van der Waals surface area contributed by atoms with Crippen molar-refractivity contribution >= 4 is 28.3 Å². The Hall–Kier alpha value is -2.87. The average Bonchev–Trinajstić information content (AvgIpc) is 2.89. The lowest BCUT2D eigenvalue weighted by atomic mass is 10.0. The Morgan fingerprint density at radius 3 is 2.48 bits per heavy atom. The second kappa shape index (κ2) is 6.49. The van der Waals surface area contributed by atoms with E-state index in [1.165, 1.54) is 0 Å². The lowest BCUT2D eigenvalue weighted by molar-refractivity contribution is -0.110. The van der Waals surface area contributed by atoms with Gasteiger partial charge in [0.15, 0.2) is 5.78 Å². The zero-order valence-corrected chi connectivity index (χ0v) is 13.3. The molecule has 0 atom stereocenters. The van der Waals surface area contributed by atoms with E-state index in [0.717, 1.165) is 33.3 Å². The quantitative estimate of drug-likeness (QED) is 0.663. The van der Waals surface area contributed by atoms with Gasteiger partial charge < -0.3 is 4.98 Å². The number of benzene rings is 2. The molecule has 3 rings (SSSR count). The fourth-order valence-corrected chi connectivity index (χ4v) is 2.86. The highest BCUT2D eigenvalue weighted by Crippen LogP contribution is 2.28. The number of ketones is 1. The van der Waals surface area contributed by atoms with Crippen molar-refractivity contribution in [1.29, 1.82) is 0 Å². The topological polar surface area (TPSA) is 32.9 Å². The van der Waals surface area contributed by atoms with Crippen molar-refractivity contribution in [3.8, 4) is 0 Å². The minimum Gasteiger partial charge on any atom is -0.358 e. The number of rotatable bonds is 4. The number of aromatic nitrogens is 1. The first kappa shape index (κ1) is 15.0. The Morgan fingerprint density at radius 2 is 1.70 bits per heavy atom. The summed E-state index contributed by atoms with van der Waals surface area (Å²) in [6.45, 7) is 4.02. The van der Waals surface area contributed by atoms with Gasteiger partial charge in [-0.1, -0.05) is 54.6 Å². The van der Waals surface area contributed by atoms with Crippen LogP contribution in [0.25, 0.3) is 22.6 Å². The first-order chi connectivity index (χ1) is 11.1. The minimum absolute atomic E-state index is 0.00367. The lowest BCUT2D eigenvalue weighted by Crippen LogP contribution is -1.90. The van der Waals surface area contributed by atoms with E-state index in [9.17, 15) is 4.79 Å². The molecule has 0 radical (unpaired) electrons. The molecule has 1 heterocycles. The number of hydrogen-bond donors (Lipinski definition) is 1. The summed E-state index contributed by atoms with van der Waals surface area (Å²) in [4.78, 5) is 15.6. The maximum absolute atomic E-state index is 12.2. The van der Waals surface area contributed by atoms with Crippen molar-refractivity contribution in [3.05, 3.63) is 83.6 Å². The number of nitrogens with one attached hydrogen (secondary N) is 1. The van der Waals surface area contributed by atoms with E-state index < -0.39 is 0 Å². The fraction of sp³-hybridized carbons (Fsp3) is 0.0952. The molecule has 0 amide bonds. The van der Waals surface area contributed by atoms with Crippen LogP contribution in [0.5, 0.6) is 0 Å². The van der Waals surface area contributed by atoms with Gasteiger partial charge in [-0.05, 0) is 43.2 Å². The van der Waals surface area contributed by atoms with Gasteiger partial charge in [-0.25, -0.2) is 0 Å². The Kier molecular flexibility index (Phi) is 4.24. The van der Waals surface area contributed by atoms with Gasteiger partial charge in [0.25, 0.3) is 0 Å². The van der Waals surface area contributed by atoms with Crippen molar-refractivity contribution in [2.24, 2.45) is 0 Å². The first-order valence-corrected chi connectivity index (χ1v) is 7.68.